The molecule has 0 N–H and O–H groups in total. The van der Waals surface area contributed by atoms with Gasteiger partial charge in [0.05, 0.1) is 5.97 Å². The Morgan fingerprint density at radius 1 is 1.39 bits per heavy atom. The minimum Gasteiger partial charge on any atom is -0.545 e. The van der Waals surface area contributed by atoms with E-state index in [2.05, 4.69) is 4.98 Å². The van der Waals surface area contributed by atoms with E-state index in [0.29, 0.717) is 17.1 Å². The number of benzene rings is 1. The number of hydrogen-bond donors (Lipinski definition) is 0. The summed E-state index contributed by atoms with van der Waals surface area (Å²) in [7, 11) is 0. The average molecular weight is 240 g/mol. The second-order valence-corrected chi connectivity index (χ2v) is 3.61. The molecule has 0 spiro atoms. The zero-order valence-electron chi connectivity index (χ0n) is 10.8. The van der Waals surface area contributed by atoms with Crippen molar-refractivity contribution in [3.8, 4) is 0 Å². The van der Waals surface area contributed by atoms with Crippen molar-refractivity contribution in [1.82, 2.24) is 4.98 Å². The second-order valence-electron chi connectivity index (χ2n) is 3.61. The van der Waals surface area contributed by atoms with E-state index in [1.165, 1.54) is 6.07 Å². The molecule has 0 atom stereocenters. The molecule has 0 fully saturated rings. The minimum atomic E-state index is -1.24. The Balaban J connectivity index is 0.00000162. The van der Waals surface area contributed by atoms with E-state index < -0.39 is 5.97 Å². The van der Waals surface area contributed by atoms with Gasteiger partial charge in [0.2, 0.25) is 0 Å². The van der Waals surface area contributed by atoms with Crippen LogP contribution in [-0.4, -0.2) is 24.0 Å². The third kappa shape index (κ3) is 2.52. The average Bonchev–Trinajstić information content (AvgIpc) is 2.73. The zero-order valence-corrected chi connectivity index (χ0v) is 10.8. The van der Waals surface area contributed by atoms with Gasteiger partial charge in [-0.2, -0.15) is 4.98 Å². The van der Waals surface area contributed by atoms with E-state index in [4.69, 9.17) is 4.42 Å². The summed E-state index contributed by atoms with van der Waals surface area (Å²) in [4.78, 5) is 17.1. The molecule has 2 aromatic rings. The second kappa shape index (κ2) is 5.94. The first-order valence-corrected chi connectivity index (χ1v) is 5.53. The van der Waals surface area contributed by atoms with E-state index in [-0.39, 0.29) is 24.4 Å². The van der Waals surface area contributed by atoms with Crippen LogP contribution < -0.4 is 28.9 Å². The molecule has 18 heavy (non-hydrogen) atoms. The van der Waals surface area contributed by atoms with Crippen molar-refractivity contribution in [2.24, 2.45) is 0 Å². The summed E-state index contributed by atoms with van der Waals surface area (Å²) in [5.74, 6) is -1.24. The molecule has 2 rings (SSSR count). The molecule has 0 aliphatic carbocycles. The Labute approximate surface area is 117 Å². The van der Waals surface area contributed by atoms with Crippen LogP contribution in [0.2, 0.25) is 0 Å². The molecule has 1 aromatic carbocycles. The normalized spacial score (nSPS) is 10.1. The molecule has 0 bridgehead atoms. The quantitative estimate of drug-likeness (QED) is 0.580. The maximum atomic E-state index is 10.9. The Hall–Kier alpha value is -1.44. The molecule has 0 unspecified atom stereocenters. The van der Waals surface area contributed by atoms with Gasteiger partial charge in [-0.3, -0.25) is 0 Å². The summed E-state index contributed by atoms with van der Waals surface area (Å²) in [6.07, 6.45) is 0. The summed E-state index contributed by atoms with van der Waals surface area (Å²) in [5, 5.41) is 10.9. The van der Waals surface area contributed by atoms with Crippen LogP contribution in [0.3, 0.4) is 0 Å². The smallest absolute Gasteiger partial charge is 0.545 e. The van der Waals surface area contributed by atoms with Crippen LogP contribution in [0.5, 0.6) is 0 Å². The predicted molar refractivity (Wildman–Crippen MR) is 61.9 cm³/mol. The van der Waals surface area contributed by atoms with Gasteiger partial charge in [-0.15, -0.1) is 0 Å². The number of anilines is 1. The molecule has 5 nitrogen and oxygen atoms in total. The van der Waals surface area contributed by atoms with Crippen LogP contribution in [0.25, 0.3) is 11.1 Å². The molecule has 6 heteroatoms. The molecule has 1 aromatic heterocycles. The number of carbonyl (C=O) groups is 1. The molecular formula is C12H13LiN2O3. The van der Waals surface area contributed by atoms with Crippen LogP contribution in [0.1, 0.15) is 24.2 Å². The maximum Gasteiger partial charge on any atom is 1.00 e. The largest absolute Gasteiger partial charge is 1.00 e. The fraction of sp³-hybridized carbons (Fsp3) is 0.333. The van der Waals surface area contributed by atoms with Crippen LogP contribution in [0, 0.1) is 0 Å². The Kier molecular flexibility index (Phi) is 4.82. The van der Waals surface area contributed by atoms with Gasteiger partial charge in [0.15, 0.2) is 5.58 Å². The number of oxazole rings is 1. The molecule has 0 saturated carbocycles. The van der Waals surface area contributed by atoms with E-state index in [1.54, 1.807) is 12.1 Å². The summed E-state index contributed by atoms with van der Waals surface area (Å²) in [5.41, 5.74) is 0.868. The third-order valence-corrected chi connectivity index (χ3v) is 2.66. The molecule has 0 saturated heterocycles. The number of carboxylic acid groups (broad SMARTS) is 1. The first-order chi connectivity index (χ1) is 8.17. The maximum absolute atomic E-state index is 10.9. The molecular weight excluding hydrogens is 227 g/mol. The van der Waals surface area contributed by atoms with Crippen molar-refractivity contribution in [3.05, 3.63) is 23.8 Å². The number of aromatic nitrogens is 1. The van der Waals surface area contributed by atoms with Crippen molar-refractivity contribution in [1.29, 1.82) is 0 Å². The van der Waals surface area contributed by atoms with Crippen LogP contribution >= 0.6 is 0 Å². The monoisotopic (exact) mass is 240 g/mol. The van der Waals surface area contributed by atoms with E-state index in [9.17, 15) is 9.90 Å². The van der Waals surface area contributed by atoms with Gasteiger partial charge in [-0.25, -0.2) is 0 Å². The van der Waals surface area contributed by atoms with E-state index in [1.807, 2.05) is 18.7 Å². The summed E-state index contributed by atoms with van der Waals surface area (Å²) < 4.78 is 5.53. The number of carboxylic acids is 1. The number of aromatic carboxylic acids is 1. The van der Waals surface area contributed by atoms with Crippen LogP contribution in [0.4, 0.5) is 6.01 Å². The Morgan fingerprint density at radius 3 is 2.61 bits per heavy atom. The topological polar surface area (TPSA) is 69.4 Å². The SMILES string of the molecule is CCN(CC)c1nc2c(C(=O)[O-])cccc2o1.[Li+]. The van der Waals surface area contributed by atoms with Gasteiger partial charge in [-0.1, -0.05) is 12.1 Å². The van der Waals surface area contributed by atoms with Crippen LogP contribution in [0.15, 0.2) is 22.6 Å². The van der Waals surface area contributed by atoms with E-state index >= 15 is 0 Å². The number of hydrogen-bond acceptors (Lipinski definition) is 5. The molecule has 0 amide bonds. The molecule has 1 heterocycles. The Bertz CT molecular complexity index is 549. The molecule has 0 radical (unpaired) electrons. The van der Waals surface area contributed by atoms with Crippen molar-refractivity contribution in [2.75, 3.05) is 18.0 Å². The van der Waals surface area contributed by atoms with Crippen LogP contribution in [-0.2, 0) is 0 Å². The van der Waals surface area contributed by atoms with Crippen molar-refractivity contribution in [2.45, 2.75) is 13.8 Å². The molecule has 0 aliphatic rings. The number of rotatable bonds is 4. The number of nitrogens with zero attached hydrogens (tertiary/aromatic N) is 2. The van der Waals surface area contributed by atoms with Gasteiger partial charge in [0.25, 0.3) is 6.01 Å². The summed E-state index contributed by atoms with van der Waals surface area (Å²) in [6, 6.07) is 5.22. The first kappa shape index (κ1) is 14.6. The fourth-order valence-electron chi connectivity index (χ4n) is 1.73. The number of fused-ring (bicyclic) bond motifs is 1. The zero-order chi connectivity index (χ0) is 12.4. The number of carbonyl (C=O) groups excluding carboxylic acids is 1. The Morgan fingerprint density at radius 2 is 2.06 bits per heavy atom. The van der Waals surface area contributed by atoms with Gasteiger partial charge in [0, 0.05) is 18.7 Å². The molecule has 90 valence electrons. The van der Waals surface area contributed by atoms with Gasteiger partial charge in [-0.05, 0) is 19.9 Å². The minimum absolute atomic E-state index is 0. The van der Waals surface area contributed by atoms with Gasteiger partial charge in [0.1, 0.15) is 5.52 Å². The van der Waals surface area contributed by atoms with E-state index in [0.717, 1.165) is 13.1 Å². The van der Waals surface area contributed by atoms with Gasteiger partial charge >= 0.3 is 18.9 Å². The third-order valence-electron chi connectivity index (χ3n) is 2.66. The predicted octanol–water partition coefficient (Wildman–Crippen LogP) is -1.96. The number of para-hydroxylation sites is 1. The summed E-state index contributed by atoms with van der Waals surface area (Å²) >= 11 is 0. The van der Waals surface area contributed by atoms with Gasteiger partial charge < -0.3 is 19.2 Å². The van der Waals surface area contributed by atoms with Crippen molar-refractivity contribution in [3.63, 3.8) is 0 Å². The fourth-order valence-corrected chi connectivity index (χ4v) is 1.73. The van der Waals surface area contributed by atoms with Crippen molar-refractivity contribution < 1.29 is 33.2 Å². The summed E-state index contributed by atoms with van der Waals surface area (Å²) in [6.45, 7) is 5.48. The standard InChI is InChI=1S/C12H14N2O3.Li/c1-3-14(4-2)12-13-10-8(11(15)16)6-5-7-9(10)17-12;/h5-7H,3-4H2,1-2H3,(H,15,16);/q;+1/p-1. The molecule has 0 aliphatic heterocycles. The van der Waals surface area contributed by atoms with Crippen molar-refractivity contribution >= 4 is 23.1 Å². The first-order valence-electron chi connectivity index (χ1n) is 5.53.